The van der Waals surface area contributed by atoms with Gasteiger partial charge in [-0.1, -0.05) is 44.2 Å². The van der Waals surface area contributed by atoms with E-state index in [2.05, 4.69) is 49.9 Å². The fraction of sp³-hybridized carbons (Fsp3) is 0.625. The average Bonchev–Trinajstić information content (AvgIpc) is 2.39. The third kappa shape index (κ3) is 2.08. The van der Waals surface area contributed by atoms with Crippen molar-refractivity contribution in [1.29, 1.82) is 0 Å². The Morgan fingerprint density at radius 3 is 2.17 bits per heavy atom. The number of hydrogen-bond donors (Lipinski definition) is 1. The van der Waals surface area contributed by atoms with Gasteiger partial charge >= 0.3 is 0 Å². The first-order valence-corrected chi connectivity index (χ1v) is 7.01. The molecule has 1 aromatic carbocycles. The number of likely N-dealkylation sites (tertiary alicyclic amines) is 1. The first kappa shape index (κ1) is 13.6. The Bertz CT molecular complexity index is 377. The summed E-state index contributed by atoms with van der Waals surface area (Å²) in [4.78, 5) is 2.43. The summed E-state index contributed by atoms with van der Waals surface area (Å²) in [6.07, 6.45) is 2.46. The van der Waals surface area contributed by atoms with Gasteiger partial charge in [0.25, 0.3) is 0 Å². The lowest BCUT2D eigenvalue weighted by Gasteiger charge is -2.57. The summed E-state index contributed by atoms with van der Waals surface area (Å²) >= 11 is 0. The van der Waals surface area contributed by atoms with Crippen LogP contribution in [0.2, 0.25) is 0 Å². The molecule has 1 aliphatic heterocycles. The number of benzene rings is 1. The van der Waals surface area contributed by atoms with Gasteiger partial charge in [-0.2, -0.15) is 0 Å². The van der Waals surface area contributed by atoms with Crippen LogP contribution in [0.3, 0.4) is 0 Å². The summed E-state index contributed by atoms with van der Waals surface area (Å²) in [6, 6.07) is 10.4. The molecular formula is C16H25NO. The fourth-order valence-electron chi connectivity index (χ4n) is 2.98. The van der Waals surface area contributed by atoms with Crippen LogP contribution < -0.4 is 0 Å². The molecule has 1 saturated heterocycles. The van der Waals surface area contributed by atoms with Crippen molar-refractivity contribution in [1.82, 2.24) is 4.90 Å². The van der Waals surface area contributed by atoms with Gasteiger partial charge in [0.1, 0.15) is 0 Å². The molecule has 0 amide bonds. The van der Waals surface area contributed by atoms with E-state index < -0.39 is 0 Å². The molecule has 1 aliphatic rings. The Morgan fingerprint density at radius 2 is 1.72 bits per heavy atom. The van der Waals surface area contributed by atoms with Crippen LogP contribution in [-0.2, 0) is 5.54 Å². The zero-order chi connectivity index (χ0) is 13.2. The van der Waals surface area contributed by atoms with E-state index >= 15 is 0 Å². The molecular weight excluding hydrogens is 222 g/mol. The highest BCUT2D eigenvalue weighted by molar-refractivity contribution is 5.25. The minimum Gasteiger partial charge on any atom is -0.394 e. The number of aliphatic hydroxyl groups is 1. The van der Waals surface area contributed by atoms with Gasteiger partial charge in [0.15, 0.2) is 0 Å². The zero-order valence-corrected chi connectivity index (χ0v) is 11.8. The lowest BCUT2D eigenvalue weighted by atomic mass is 9.71. The predicted octanol–water partition coefficient (Wildman–Crippen LogP) is 3.02. The summed E-state index contributed by atoms with van der Waals surface area (Å²) in [5.41, 5.74) is 1.47. The summed E-state index contributed by atoms with van der Waals surface area (Å²) in [5, 5.41) is 9.85. The molecule has 0 spiro atoms. The number of aliphatic hydroxyl groups excluding tert-OH is 1. The van der Waals surface area contributed by atoms with Crippen LogP contribution in [0.5, 0.6) is 0 Å². The summed E-state index contributed by atoms with van der Waals surface area (Å²) in [5.74, 6) is 0. The Kier molecular flexibility index (Phi) is 3.79. The highest BCUT2D eigenvalue weighted by atomic mass is 16.3. The molecule has 2 rings (SSSR count). The molecule has 0 radical (unpaired) electrons. The Hall–Kier alpha value is -0.860. The SMILES string of the molecule is CCC1(CC)CN(C(C)(CO)c2ccccc2)C1. The minimum atomic E-state index is -0.227. The van der Waals surface area contributed by atoms with Crippen LogP contribution in [0, 0.1) is 5.41 Å². The van der Waals surface area contributed by atoms with Crippen molar-refractivity contribution in [2.75, 3.05) is 19.7 Å². The van der Waals surface area contributed by atoms with Crippen molar-refractivity contribution < 1.29 is 5.11 Å². The van der Waals surface area contributed by atoms with Crippen molar-refractivity contribution in [2.45, 2.75) is 39.2 Å². The average molecular weight is 247 g/mol. The van der Waals surface area contributed by atoms with Crippen LogP contribution in [0.15, 0.2) is 30.3 Å². The largest absolute Gasteiger partial charge is 0.394 e. The highest BCUT2D eigenvalue weighted by Crippen LogP contribution is 2.44. The number of nitrogens with zero attached hydrogens (tertiary/aromatic N) is 1. The van der Waals surface area contributed by atoms with Gasteiger partial charge in [-0.3, -0.25) is 4.90 Å². The van der Waals surface area contributed by atoms with E-state index in [4.69, 9.17) is 0 Å². The van der Waals surface area contributed by atoms with Crippen molar-refractivity contribution in [3.63, 3.8) is 0 Å². The Balaban J connectivity index is 2.16. The van der Waals surface area contributed by atoms with Crippen molar-refractivity contribution in [3.8, 4) is 0 Å². The normalized spacial score (nSPS) is 22.2. The molecule has 1 atom stereocenters. The number of hydrogen-bond acceptors (Lipinski definition) is 2. The fourth-order valence-corrected chi connectivity index (χ4v) is 2.98. The second-order valence-corrected chi connectivity index (χ2v) is 5.86. The smallest absolute Gasteiger partial charge is 0.0665 e. The molecule has 1 fully saturated rings. The van der Waals surface area contributed by atoms with Gasteiger partial charge in [0, 0.05) is 13.1 Å². The van der Waals surface area contributed by atoms with Crippen molar-refractivity contribution in [3.05, 3.63) is 35.9 Å². The molecule has 100 valence electrons. The van der Waals surface area contributed by atoms with Crippen LogP contribution in [0.1, 0.15) is 39.2 Å². The molecule has 1 aromatic rings. The van der Waals surface area contributed by atoms with Crippen LogP contribution >= 0.6 is 0 Å². The van der Waals surface area contributed by atoms with E-state index in [0.717, 1.165) is 13.1 Å². The first-order valence-electron chi connectivity index (χ1n) is 7.01. The van der Waals surface area contributed by atoms with Gasteiger partial charge in [-0.05, 0) is 30.7 Å². The zero-order valence-electron chi connectivity index (χ0n) is 11.8. The first-order chi connectivity index (χ1) is 8.60. The Labute approximate surface area is 111 Å². The van der Waals surface area contributed by atoms with Gasteiger partial charge in [-0.25, -0.2) is 0 Å². The van der Waals surface area contributed by atoms with Gasteiger partial charge in [0.2, 0.25) is 0 Å². The third-order valence-electron chi connectivity index (χ3n) is 4.95. The van der Waals surface area contributed by atoms with Gasteiger partial charge in [-0.15, -0.1) is 0 Å². The van der Waals surface area contributed by atoms with E-state index in [9.17, 15) is 5.11 Å². The maximum Gasteiger partial charge on any atom is 0.0665 e. The van der Waals surface area contributed by atoms with Crippen LogP contribution in [0.25, 0.3) is 0 Å². The second kappa shape index (κ2) is 5.02. The molecule has 1 N–H and O–H groups in total. The molecule has 2 heteroatoms. The molecule has 0 aliphatic carbocycles. The summed E-state index contributed by atoms with van der Waals surface area (Å²) < 4.78 is 0. The molecule has 1 unspecified atom stereocenters. The van der Waals surface area contributed by atoms with Crippen LogP contribution in [-0.4, -0.2) is 29.7 Å². The van der Waals surface area contributed by atoms with Crippen molar-refractivity contribution in [2.24, 2.45) is 5.41 Å². The van der Waals surface area contributed by atoms with E-state index in [1.54, 1.807) is 0 Å². The standard InChI is InChI=1S/C16H25NO/c1-4-16(5-2)11-17(12-16)15(3,13-18)14-9-7-6-8-10-14/h6-10,18H,4-5,11-13H2,1-3H3. The van der Waals surface area contributed by atoms with Gasteiger partial charge < -0.3 is 5.11 Å². The quantitative estimate of drug-likeness (QED) is 0.864. The molecule has 18 heavy (non-hydrogen) atoms. The molecule has 1 heterocycles. The van der Waals surface area contributed by atoms with E-state index in [1.165, 1.54) is 18.4 Å². The topological polar surface area (TPSA) is 23.5 Å². The molecule has 2 nitrogen and oxygen atoms in total. The maximum atomic E-state index is 9.85. The molecule has 0 bridgehead atoms. The summed E-state index contributed by atoms with van der Waals surface area (Å²) in [6.45, 7) is 9.09. The minimum absolute atomic E-state index is 0.181. The lowest BCUT2D eigenvalue weighted by molar-refractivity contribution is -0.0978. The van der Waals surface area contributed by atoms with Gasteiger partial charge in [0.05, 0.1) is 12.1 Å². The Morgan fingerprint density at radius 1 is 1.17 bits per heavy atom. The highest BCUT2D eigenvalue weighted by Gasteiger charge is 2.47. The summed E-state index contributed by atoms with van der Waals surface area (Å²) in [7, 11) is 0. The molecule has 0 aromatic heterocycles. The second-order valence-electron chi connectivity index (χ2n) is 5.86. The van der Waals surface area contributed by atoms with E-state index in [0.29, 0.717) is 5.41 Å². The lowest BCUT2D eigenvalue weighted by Crippen LogP contribution is -2.63. The predicted molar refractivity (Wildman–Crippen MR) is 75.5 cm³/mol. The maximum absolute atomic E-state index is 9.85. The number of rotatable bonds is 5. The van der Waals surface area contributed by atoms with Crippen molar-refractivity contribution >= 4 is 0 Å². The molecule has 0 saturated carbocycles. The van der Waals surface area contributed by atoms with E-state index in [-0.39, 0.29) is 12.1 Å². The third-order valence-corrected chi connectivity index (χ3v) is 4.95. The van der Waals surface area contributed by atoms with Crippen LogP contribution in [0.4, 0.5) is 0 Å². The van der Waals surface area contributed by atoms with E-state index in [1.807, 2.05) is 6.07 Å². The monoisotopic (exact) mass is 247 g/mol.